The van der Waals surface area contributed by atoms with E-state index in [1.54, 1.807) is 32.4 Å². The predicted octanol–water partition coefficient (Wildman–Crippen LogP) is 3.22. The molecule has 0 bridgehead atoms. The molecule has 0 saturated heterocycles. The Morgan fingerprint density at radius 1 is 1.19 bits per heavy atom. The molecular formula is C15H16N2O4. The number of benzene rings is 2. The van der Waals surface area contributed by atoms with Crippen LogP contribution in [0.5, 0.6) is 11.5 Å². The lowest BCUT2D eigenvalue weighted by Gasteiger charge is -2.12. The Bertz CT molecular complexity index is 643. The fourth-order valence-electron chi connectivity index (χ4n) is 1.95. The first kappa shape index (κ1) is 14.6. The van der Waals surface area contributed by atoms with Gasteiger partial charge in [0.25, 0.3) is 5.69 Å². The molecule has 0 heterocycles. The first-order valence-electron chi connectivity index (χ1n) is 6.36. The van der Waals surface area contributed by atoms with Gasteiger partial charge in [-0.3, -0.25) is 10.1 Å². The Hall–Kier alpha value is -2.76. The number of nitro groups is 1. The first-order valence-corrected chi connectivity index (χ1v) is 6.36. The van der Waals surface area contributed by atoms with Crippen LogP contribution in [-0.2, 0) is 6.61 Å². The van der Waals surface area contributed by atoms with Crippen LogP contribution >= 0.6 is 0 Å². The zero-order valence-corrected chi connectivity index (χ0v) is 11.8. The van der Waals surface area contributed by atoms with Crippen LogP contribution in [0, 0.1) is 10.1 Å². The van der Waals surface area contributed by atoms with E-state index < -0.39 is 4.92 Å². The number of anilines is 1. The third kappa shape index (κ3) is 3.42. The van der Waals surface area contributed by atoms with Crippen molar-refractivity contribution in [1.29, 1.82) is 0 Å². The minimum atomic E-state index is -0.425. The molecule has 6 heteroatoms. The van der Waals surface area contributed by atoms with E-state index in [1.807, 2.05) is 12.1 Å². The van der Waals surface area contributed by atoms with Gasteiger partial charge in [0.05, 0.1) is 12.0 Å². The summed E-state index contributed by atoms with van der Waals surface area (Å²) in [5, 5.41) is 13.8. The van der Waals surface area contributed by atoms with E-state index in [0.717, 1.165) is 5.69 Å². The second-order valence-electron chi connectivity index (χ2n) is 4.29. The quantitative estimate of drug-likeness (QED) is 0.652. The standard InChI is InChI=1S/C15H16N2O4/c1-16-13-8-7-12(17(18)19)9-11(13)10-21-15-6-4-3-5-14(15)20-2/h3-9,16H,10H2,1-2H3. The molecule has 0 aliphatic heterocycles. The number of rotatable bonds is 6. The van der Waals surface area contributed by atoms with Gasteiger partial charge >= 0.3 is 0 Å². The van der Waals surface area contributed by atoms with Crippen LogP contribution in [0.1, 0.15) is 5.56 Å². The summed E-state index contributed by atoms with van der Waals surface area (Å²) in [6.45, 7) is 0.207. The number of methoxy groups -OCH3 is 1. The Labute approximate surface area is 122 Å². The average Bonchev–Trinajstić information content (AvgIpc) is 2.52. The Morgan fingerprint density at radius 2 is 1.90 bits per heavy atom. The van der Waals surface area contributed by atoms with E-state index in [0.29, 0.717) is 17.1 Å². The highest BCUT2D eigenvalue weighted by molar-refractivity contribution is 5.55. The highest BCUT2D eigenvalue weighted by Crippen LogP contribution is 2.28. The molecule has 1 N–H and O–H groups in total. The molecule has 2 rings (SSSR count). The van der Waals surface area contributed by atoms with Gasteiger partial charge in [0.1, 0.15) is 6.61 Å². The summed E-state index contributed by atoms with van der Waals surface area (Å²) in [6, 6.07) is 11.9. The van der Waals surface area contributed by atoms with Crippen molar-refractivity contribution < 1.29 is 14.4 Å². The van der Waals surface area contributed by atoms with Crippen molar-refractivity contribution in [1.82, 2.24) is 0 Å². The number of hydrogen-bond donors (Lipinski definition) is 1. The van der Waals surface area contributed by atoms with E-state index in [-0.39, 0.29) is 12.3 Å². The van der Waals surface area contributed by atoms with Crippen LogP contribution in [0.3, 0.4) is 0 Å². The second kappa shape index (κ2) is 6.60. The van der Waals surface area contributed by atoms with Crippen molar-refractivity contribution >= 4 is 11.4 Å². The lowest BCUT2D eigenvalue weighted by Crippen LogP contribution is -2.02. The molecule has 0 fully saturated rings. The molecule has 0 unspecified atom stereocenters. The van der Waals surface area contributed by atoms with Crippen molar-refractivity contribution in [3.05, 3.63) is 58.1 Å². The highest BCUT2D eigenvalue weighted by atomic mass is 16.6. The van der Waals surface area contributed by atoms with Gasteiger partial charge in [0, 0.05) is 30.4 Å². The van der Waals surface area contributed by atoms with Crippen LogP contribution in [-0.4, -0.2) is 19.1 Å². The smallest absolute Gasteiger partial charge is 0.269 e. The van der Waals surface area contributed by atoms with Gasteiger partial charge in [-0.1, -0.05) is 12.1 Å². The SMILES string of the molecule is CNc1ccc([N+](=O)[O-])cc1COc1ccccc1OC. The number of nitro benzene ring substituents is 1. The molecule has 0 radical (unpaired) electrons. The molecule has 110 valence electrons. The van der Waals surface area contributed by atoms with Crippen molar-refractivity contribution in [3.8, 4) is 11.5 Å². The fourth-order valence-corrected chi connectivity index (χ4v) is 1.95. The van der Waals surface area contributed by atoms with Gasteiger partial charge in [-0.15, -0.1) is 0 Å². The number of para-hydroxylation sites is 2. The molecule has 21 heavy (non-hydrogen) atoms. The molecule has 0 amide bonds. The van der Waals surface area contributed by atoms with Gasteiger partial charge in [0.15, 0.2) is 11.5 Å². The summed E-state index contributed by atoms with van der Waals surface area (Å²) in [6.07, 6.45) is 0. The molecule has 0 saturated carbocycles. The predicted molar refractivity (Wildman–Crippen MR) is 80.0 cm³/mol. The van der Waals surface area contributed by atoms with Gasteiger partial charge < -0.3 is 14.8 Å². The van der Waals surface area contributed by atoms with E-state index in [4.69, 9.17) is 9.47 Å². The maximum atomic E-state index is 10.9. The van der Waals surface area contributed by atoms with Crippen LogP contribution in [0.15, 0.2) is 42.5 Å². The molecule has 0 aliphatic rings. The van der Waals surface area contributed by atoms with Crippen molar-refractivity contribution in [2.45, 2.75) is 6.61 Å². The summed E-state index contributed by atoms with van der Waals surface area (Å²) >= 11 is 0. The summed E-state index contributed by atoms with van der Waals surface area (Å²) in [5.74, 6) is 1.21. The number of ether oxygens (including phenoxy) is 2. The summed E-state index contributed by atoms with van der Waals surface area (Å²) in [5.41, 5.74) is 1.53. The normalized spacial score (nSPS) is 10.0. The third-order valence-corrected chi connectivity index (χ3v) is 3.02. The van der Waals surface area contributed by atoms with Gasteiger partial charge in [-0.05, 0) is 18.2 Å². The molecule has 0 aliphatic carbocycles. The molecule has 0 atom stereocenters. The Balaban J connectivity index is 2.22. The largest absolute Gasteiger partial charge is 0.493 e. The van der Waals surface area contributed by atoms with Crippen molar-refractivity contribution in [3.63, 3.8) is 0 Å². The minimum absolute atomic E-state index is 0.0348. The zero-order valence-electron chi connectivity index (χ0n) is 11.8. The van der Waals surface area contributed by atoms with E-state index in [2.05, 4.69) is 5.32 Å². The van der Waals surface area contributed by atoms with Crippen LogP contribution in [0.2, 0.25) is 0 Å². The van der Waals surface area contributed by atoms with E-state index >= 15 is 0 Å². The number of nitrogens with one attached hydrogen (secondary N) is 1. The van der Waals surface area contributed by atoms with Crippen LogP contribution in [0.4, 0.5) is 11.4 Å². The fraction of sp³-hybridized carbons (Fsp3) is 0.200. The Kier molecular flexibility index (Phi) is 4.61. The van der Waals surface area contributed by atoms with Crippen molar-refractivity contribution in [2.75, 3.05) is 19.5 Å². The Morgan fingerprint density at radius 3 is 2.52 bits per heavy atom. The average molecular weight is 288 g/mol. The number of non-ortho nitro benzene ring substituents is 1. The van der Waals surface area contributed by atoms with E-state index in [9.17, 15) is 10.1 Å². The number of hydrogen-bond acceptors (Lipinski definition) is 5. The maximum Gasteiger partial charge on any atom is 0.269 e. The maximum absolute atomic E-state index is 10.9. The van der Waals surface area contributed by atoms with Gasteiger partial charge in [0.2, 0.25) is 0 Å². The third-order valence-electron chi connectivity index (χ3n) is 3.02. The monoisotopic (exact) mass is 288 g/mol. The second-order valence-corrected chi connectivity index (χ2v) is 4.29. The molecular weight excluding hydrogens is 272 g/mol. The van der Waals surface area contributed by atoms with E-state index in [1.165, 1.54) is 12.1 Å². The van der Waals surface area contributed by atoms with Gasteiger partial charge in [-0.2, -0.15) is 0 Å². The first-order chi connectivity index (χ1) is 10.2. The highest BCUT2D eigenvalue weighted by Gasteiger charge is 2.11. The summed E-state index contributed by atoms with van der Waals surface area (Å²) in [7, 11) is 3.32. The lowest BCUT2D eigenvalue weighted by atomic mass is 10.1. The number of nitrogens with zero attached hydrogens (tertiary/aromatic N) is 1. The van der Waals surface area contributed by atoms with Crippen LogP contribution in [0.25, 0.3) is 0 Å². The summed E-state index contributed by atoms with van der Waals surface area (Å²) in [4.78, 5) is 10.4. The lowest BCUT2D eigenvalue weighted by molar-refractivity contribution is -0.384. The summed E-state index contributed by atoms with van der Waals surface area (Å²) < 4.78 is 10.9. The zero-order chi connectivity index (χ0) is 15.2. The van der Waals surface area contributed by atoms with Gasteiger partial charge in [-0.25, -0.2) is 0 Å². The molecule has 0 aromatic heterocycles. The topological polar surface area (TPSA) is 73.6 Å². The van der Waals surface area contributed by atoms with Crippen molar-refractivity contribution in [2.24, 2.45) is 0 Å². The van der Waals surface area contributed by atoms with Crippen LogP contribution < -0.4 is 14.8 Å². The molecule has 2 aromatic carbocycles. The molecule has 0 spiro atoms. The molecule has 6 nitrogen and oxygen atoms in total. The minimum Gasteiger partial charge on any atom is -0.493 e. The molecule has 2 aromatic rings.